The Kier molecular flexibility index (Phi) is 6.75. The zero-order valence-corrected chi connectivity index (χ0v) is 20.2. The number of hydrogen-bond donors (Lipinski definition) is 1. The second-order valence-corrected chi connectivity index (χ2v) is 9.79. The minimum absolute atomic E-state index is 0.170. The molecule has 0 bridgehead atoms. The van der Waals surface area contributed by atoms with Crippen LogP contribution in [-0.2, 0) is 5.66 Å². The van der Waals surface area contributed by atoms with Gasteiger partial charge >= 0.3 is 5.97 Å². The number of carboxylic acid groups (broad SMARTS) is 1. The van der Waals surface area contributed by atoms with Crippen LogP contribution in [0.5, 0.6) is 5.75 Å². The van der Waals surface area contributed by atoms with Crippen molar-refractivity contribution < 1.29 is 23.4 Å². The van der Waals surface area contributed by atoms with Gasteiger partial charge in [-0.2, -0.15) is 0 Å². The van der Waals surface area contributed by atoms with Crippen molar-refractivity contribution in [2.45, 2.75) is 37.8 Å². The maximum Gasteiger partial charge on any atom is 0.335 e. The molecule has 8 heteroatoms. The van der Waals surface area contributed by atoms with Gasteiger partial charge in [0.25, 0.3) is 0 Å². The van der Waals surface area contributed by atoms with Crippen LogP contribution in [0.25, 0.3) is 0 Å². The summed E-state index contributed by atoms with van der Waals surface area (Å²) in [7, 11) is 0. The Balaban J connectivity index is 1.59. The summed E-state index contributed by atoms with van der Waals surface area (Å²) in [5.41, 5.74) is -0.204. The molecule has 3 aromatic rings. The second-order valence-electron chi connectivity index (χ2n) is 9.36. The average Bonchev–Trinajstić information content (AvgIpc) is 3.24. The molecule has 186 valence electrons. The largest absolute Gasteiger partial charge is 0.493 e. The molecule has 1 saturated carbocycles. The fourth-order valence-corrected chi connectivity index (χ4v) is 5.42. The van der Waals surface area contributed by atoms with E-state index in [2.05, 4.69) is 0 Å². The highest BCUT2D eigenvalue weighted by molar-refractivity contribution is 6.30. The van der Waals surface area contributed by atoms with Gasteiger partial charge in [-0.1, -0.05) is 43.0 Å². The van der Waals surface area contributed by atoms with E-state index in [0.29, 0.717) is 21.5 Å². The summed E-state index contributed by atoms with van der Waals surface area (Å²) >= 11 is 6.17. The minimum Gasteiger partial charge on any atom is -0.493 e. The Hall–Kier alpha value is -3.32. The van der Waals surface area contributed by atoms with Crippen LogP contribution in [0.15, 0.2) is 70.6 Å². The molecular weight excluding hydrogens is 486 g/mol. The van der Waals surface area contributed by atoms with E-state index >= 15 is 0 Å². The first-order valence-electron chi connectivity index (χ1n) is 12.0. The average molecular weight is 511 g/mol. The van der Waals surface area contributed by atoms with Gasteiger partial charge in [-0.3, -0.25) is 0 Å². The summed E-state index contributed by atoms with van der Waals surface area (Å²) in [4.78, 5) is 21.1. The number of halogens is 3. The lowest BCUT2D eigenvalue weighted by Crippen LogP contribution is -2.41. The highest BCUT2D eigenvalue weighted by Gasteiger charge is 2.46. The number of carbonyl (C=O) groups is 1. The van der Waals surface area contributed by atoms with Gasteiger partial charge in [0.15, 0.2) is 17.3 Å². The Morgan fingerprint density at radius 1 is 0.972 bits per heavy atom. The van der Waals surface area contributed by atoms with Crippen molar-refractivity contribution in [2.75, 3.05) is 6.61 Å². The van der Waals surface area contributed by atoms with Crippen molar-refractivity contribution in [3.63, 3.8) is 0 Å². The monoisotopic (exact) mass is 510 g/mol. The van der Waals surface area contributed by atoms with E-state index in [-0.39, 0.29) is 24.0 Å². The van der Waals surface area contributed by atoms with Crippen molar-refractivity contribution in [1.29, 1.82) is 0 Å². The number of nitrogens with zero attached hydrogens (tertiary/aromatic N) is 2. The first kappa shape index (κ1) is 24.4. The quantitative estimate of drug-likeness (QED) is 0.443. The number of aromatic carboxylic acids is 1. The van der Waals surface area contributed by atoms with E-state index in [0.717, 1.165) is 49.8 Å². The lowest BCUT2D eigenvalue weighted by Gasteiger charge is -2.39. The third-order valence-corrected chi connectivity index (χ3v) is 7.39. The molecule has 1 heterocycles. The molecule has 0 aromatic heterocycles. The predicted molar refractivity (Wildman–Crippen MR) is 131 cm³/mol. The molecule has 1 aliphatic carbocycles. The number of fused-ring (bicyclic) bond motifs is 1. The van der Waals surface area contributed by atoms with Gasteiger partial charge < -0.3 is 9.84 Å². The van der Waals surface area contributed by atoms with Gasteiger partial charge in [-0.25, -0.2) is 23.6 Å². The molecule has 2 aliphatic rings. The third kappa shape index (κ3) is 4.72. The Morgan fingerprint density at radius 3 is 2.11 bits per heavy atom. The van der Waals surface area contributed by atoms with E-state index in [1.165, 1.54) is 12.1 Å². The Morgan fingerprint density at radius 2 is 1.56 bits per heavy atom. The maximum atomic E-state index is 14.1. The molecule has 0 spiro atoms. The Labute approximate surface area is 212 Å². The zero-order valence-electron chi connectivity index (χ0n) is 19.5. The first-order valence-corrected chi connectivity index (χ1v) is 12.4. The van der Waals surface area contributed by atoms with Crippen LogP contribution in [0.1, 0.15) is 48.0 Å². The molecule has 1 aliphatic heterocycles. The fourth-order valence-electron chi connectivity index (χ4n) is 5.30. The molecule has 1 fully saturated rings. The van der Waals surface area contributed by atoms with E-state index in [9.17, 15) is 18.7 Å². The lowest BCUT2D eigenvalue weighted by molar-refractivity contribution is 0.0696. The molecule has 0 saturated heterocycles. The van der Waals surface area contributed by atoms with E-state index in [1.54, 1.807) is 24.3 Å². The van der Waals surface area contributed by atoms with Gasteiger partial charge in [0.1, 0.15) is 5.75 Å². The molecule has 1 atom stereocenters. The molecule has 0 radical (unpaired) electrons. The molecule has 5 rings (SSSR count). The van der Waals surface area contributed by atoms with Crippen molar-refractivity contribution in [1.82, 2.24) is 0 Å². The topological polar surface area (TPSA) is 71.2 Å². The van der Waals surface area contributed by atoms with Crippen LogP contribution >= 0.6 is 11.6 Å². The lowest BCUT2D eigenvalue weighted by atomic mass is 9.72. The zero-order chi connectivity index (χ0) is 25.3. The standard InChI is InChI=1S/C28H25ClF2N2O3/c29-20-10-8-19(9-11-20)28(32-25-14-23(30)24(31)15-26(25)33-28)22(17-4-2-1-3-5-17)16-36-21-12-6-18(7-13-21)27(34)35/h6-15,17,22H,1-5,16H2,(H,34,35). The normalized spacial score (nSPS) is 17.5. The molecular formula is C28H25ClF2N2O3. The van der Waals surface area contributed by atoms with Crippen molar-refractivity contribution in [2.24, 2.45) is 21.8 Å². The van der Waals surface area contributed by atoms with Gasteiger partial charge in [0.05, 0.1) is 22.9 Å². The van der Waals surface area contributed by atoms with E-state index < -0.39 is 23.3 Å². The van der Waals surface area contributed by atoms with Gasteiger partial charge in [-0.15, -0.1) is 0 Å². The summed E-state index contributed by atoms with van der Waals surface area (Å²) < 4.78 is 34.5. The molecule has 36 heavy (non-hydrogen) atoms. The summed E-state index contributed by atoms with van der Waals surface area (Å²) in [6.07, 6.45) is 5.22. The predicted octanol–water partition coefficient (Wildman–Crippen LogP) is 5.70. The number of ether oxygens (including phenoxy) is 1. The highest BCUT2D eigenvalue weighted by Crippen LogP contribution is 2.45. The SMILES string of the molecule is O=C(O)c1ccc(OCC(C2CCCCC2)C2(c3ccc(Cl)cc3)N=c3cc(F)c(F)cc3=N2)cc1. The molecule has 0 amide bonds. The summed E-state index contributed by atoms with van der Waals surface area (Å²) in [5.74, 6) is -2.45. The van der Waals surface area contributed by atoms with E-state index in [4.69, 9.17) is 26.3 Å². The third-order valence-electron chi connectivity index (χ3n) is 7.14. The summed E-state index contributed by atoms with van der Waals surface area (Å²) in [5, 5.41) is 10.3. The van der Waals surface area contributed by atoms with Crippen molar-refractivity contribution in [3.8, 4) is 5.75 Å². The highest BCUT2D eigenvalue weighted by atomic mass is 35.5. The van der Waals surface area contributed by atoms with Crippen LogP contribution in [0.3, 0.4) is 0 Å². The number of hydrogen-bond acceptors (Lipinski definition) is 4. The fraction of sp³-hybridized carbons (Fsp3) is 0.321. The second kappa shape index (κ2) is 9.97. The number of benzene rings is 3. The van der Waals surface area contributed by atoms with Gasteiger partial charge in [-0.05, 0) is 55.2 Å². The smallest absolute Gasteiger partial charge is 0.335 e. The molecule has 5 nitrogen and oxygen atoms in total. The van der Waals surface area contributed by atoms with Gasteiger partial charge in [0, 0.05) is 28.6 Å². The van der Waals surface area contributed by atoms with Crippen LogP contribution in [0.2, 0.25) is 5.02 Å². The summed E-state index contributed by atoms with van der Waals surface area (Å²) in [6, 6.07) is 15.6. The van der Waals surface area contributed by atoms with Crippen LogP contribution in [0.4, 0.5) is 8.78 Å². The van der Waals surface area contributed by atoms with Gasteiger partial charge in [0.2, 0.25) is 0 Å². The number of carboxylic acids is 1. The summed E-state index contributed by atoms with van der Waals surface area (Å²) in [6.45, 7) is 0.242. The van der Waals surface area contributed by atoms with Crippen LogP contribution in [-0.4, -0.2) is 17.7 Å². The Bertz CT molecular complexity index is 1350. The molecule has 3 aromatic carbocycles. The van der Waals surface area contributed by atoms with Crippen molar-refractivity contribution >= 4 is 17.6 Å². The van der Waals surface area contributed by atoms with Crippen LogP contribution < -0.4 is 15.5 Å². The van der Waals surface area contributed by atoms with Crippen LogP contribution in [0, 0.1) is 23.5 Å². The maximum absolute atomic E-state index is 14.1. The minimum atomic E-state index is -1.14. The van der Waals surface area contributed by atoms with Crippen molar-refractivity contribution in [3.05, 3.63) is 99.2 Å². The molecule has 1 N–H and O–H groups in total. The van der Waals surface area contributed by atoms with E-state index in [1.807, 2.05) is 12.1 Å². The first-order chi connectivity index (χ1) is 17.4. The number of rotatable bonds is 7. The molecule has 1 unspecified atom stereocenters.